The molecule has 0 aromatic rings. The number of aliphatic hydroxyl groups is 7. The van der Waals surface area contributed by atoms with Crippen LogP contribution in [0.5, 0.6) is 0 Å². The Kier molecular flexibility index (Phi) is 7.01. The first-order valence-electron chi connectivity index (χ1n) is 14.8. The zero-order chi connectivity index (χ0) is 28.8. The van der Waals surface area contributed by atoms with Gasteiger partial charge in [-0.15, -0.1) is 0 Å². The van der Waals surface area contributed by atoms with Gasteiger partial charge in [-0.25, -0.2) is 4.79 Å². The van der Waals surface area contributed by atoms with E-state index < -0.39 is 70.9 Å². The van der Waals surface area contributed by atoms with Crippen molar-refractivity contribution in [1.82, 2.24) is 0 Å². The van der Waals surface area contributed by atoms with E-state index in [9.17, 15) is 40.5 Å². The summed E-state index contributed by atoms with van der Waals surface area (Å²) in [5.41, 5.74) is -3.43. The molecule has 0 unspecified atom stereocenters. The molecule has 40 heavy (non-hydrogen) atoms. The lowest BCUT2D eigenvalue weighted by Crippen LogP contribution is -2.72. The predicted molar refractivity (Wildman–Crippen MR) is 137 cm³/mol. The molecule has 2 aliphatic heterocycles. The van der Waals surface area contributed by atoms with Crippen LogP contribution >= 0.6 is 0 Å². The summed E-state index contributed by atoms with van der Waals surface area (Å²) in [6.45, 7) is 3.41. The summed E-state index contributed by atoms with van der Waals surface area (Å²) < 4.78 is 16.8. The second-order valence-electron chi connectivity index (χ2n) is 13.7. The number of hydrogen-bond acceptors (Lipinski definition) is 11. The standard InChI is InChI=1S/C29H44O11/c1-14-22(33)23(34)24(35)25(39-14)40-16-3-6-27(13-30)21-18(4-7-28(27,36)10-16)29(37)8-5-17(15-9-20(32)38-12-15)26(29,2)11-19(21)31/h9,14,16-19,21-25,30-31,33-37H,3-8,10-13H2,1-2H3/t14-,16-,17+,18+,19+,21+,22+,23+,24+,25-,26+,27-,28-,29-/m0/s1. The van der Waals surface area contributed by atoms with Crippen molar-refractivity contribution in [3.05, 3.63) is 11.6 Å². The number of ether oxygens (including phenoxy) is 3. The fourth-order valence-corrected chi connectivity index (χ4v) is 10.0. The Morgan fingerprint density at radius 2 is 1.75 bits per heavy atom. The van der Waals surface area contributed by atoms with Gasteiger partial charge in [-0.2, -0.15) is 0 Å². The molecular formula is C29H44O11. The number of esters is 1. The molecule has 11 heteroatoms. The third-order valence-electron chi connectivity index (χ3n) is 12.1. The van der Waals surface area contributed by atoms with Crippen molar-refractivity contribution in [2.24, 2.45) is 28.6 Å². The summed E-state index contributed by atoms with van der Waals surface area (Å²) in [4.78, 5) is 11.8. The molecule has 0 aromatic heterocycles. The molecule has 0 spiro atoms. The topological polar surface area (TPSA) is 186 Å². The number of hydrogen-bond donors (Lipinski definition) is 7. The normalized spacial score (nSPS) is 56.1. The highest BCUT2D eigenvalue weighted by atomic mass is 16.7. The second kappa shape index (κ2) is 9.68. The molecule has 226 valence electrons. The molecule has 2 heterocycles. The molecule has 4 saturated carbocycles. The number of carbonyl (C=O) groups excluding carboxylic acids is 1. The van der Waals surface area contributed by atoms with Crippen LogP contribution in [0.25, 0.3) is 0 Å². The monoisotopic (exact) mass is 568 g/mol. The lowest BCUT2D eigenvalue weighted by atomic mass is 9.40. The van der Waals surface area contributed by atoms with Gasteiger partial charge >= 0.3 is 5.97 Å². The molecule has 14 atom stereocenters. The molecule has 4 aliphatic carbocycles. The minimum absolute atomic E-state index is 0.104. The number of rotatable bonds is 4. The third-order valence-corrected chi connectivity index (χ3v) is 12.1. The number of cyclic esters (lactones) is 1. The third kappa shape index (κ3) is 3.85. The van der Waals surface area contributed by atoms with E-state index in [0.29, 0.717) is 38.5 Å². The minimum Gasteiger partial charge on any atom is -0.458 e. The van der Waals surface area contributed by atoms with E-state index in [0.717, 1.165) is 5.57 Å². The van der Waals surface area contributed by atoms with E-state index >= 15 is 0 Å². The molecule has 11 nitrogen and oxygen atoms in total. The van der Waals surface area contributed by atoms with Crippen molar-refractivity contribution in [1.29, 1.82) is 0 Å². The molecule has 0 amide bonds. The average molecular weight is 569 g/mol. The Morgan fingerprint density at radius 3 is 2.42 bits per heavy atom. The van der Waals surface area contributed by atoms with Crippen LogP contribution in [-0.2, 0) is 19.0 Å². The van der Waals surface area contributed by atoms with Crippen LogP contribution in [0.15, 0.2) is 11.6 Å². The van der Waals surface area contributed by atoms with Gasteiger partial charge in [-0.1, -0.05) is 6.92 Å². The number of aliphatic hydroxyl groups excluding tert-OH is 5. The summed E-state index contributed by atoms with van der Waals surface area (Å²) in [7, 11) is 0. The van der Waals surface area contributed by atoms with Crippen molar-refractivity contribution in [2.45, 2.75) is 119 Å². The molecule has 6 aliphatic rings. The largest absolute Gasteiger partial charge is 0.458 e. The highest BCUT2D eigenvalue weighted by molar-refractivity contribution is 5.85. The number of carbonyl (C=O) groups is 1. The molecule has 0 bridgehead atoms. The quantitative estimate of drug-likeness (QED) is 0.171. The predicted octanol–water partition coefficient (Wildman–Crippen LogP) is -0.486. The van der Waals surface area contributed by atoms with Crippen LogP contribution in [0, 0.1) is 28.6 Å². The summed E-state index contributed by atoms with van der Waals surface area (Å²) in [5.74, 6) is -1.38. The van der Waals surface area contributed by atoms with Gasteiger partial charge in [-0.05, 0) is 69.3 Å². The van der Waals surface area contributed by atoms with E-state index in [2.05, 4.69) is 0 Å². The van der Waals surface area contributed by atoms with Gasteiger partial charge in [0.1, 0.15) is 24.9 Å². The summed E-state index contributed by atoms with van der Waals surface area (Å²) in [5, 5.41) is 77.8. The maximum atomic E-state index is 12.4. The SMILES string of the molecule is C[C@@H]1O[C@@H](O[C@H]2CC[C@]3(CO)[C@H]4[C@H](O)C[C@]5(C)[C@@H](C6=CC(=O)OC6)CC[C@]5(O)[C@@H]4CC[C@]3(O)C2)[C@H](O)[C@H](O)[C@@H]1O. The summed E-state index contributed by atoms with van der Waals surface area (Å²) >= 11 is 0. The smallest absolute Gasteiger partial charge is 0.331 e. The van der Waals surface area contributed by atoms with Crippen molar-refractivity contribution >= 4 is 5.97 Å². The molecule has 7 N–H and O–H groups in total. The molecule has 0 radical (unpaired) electrons. The van der Waals surface area contributed by atoms with Crippen LogP contribution in [0.1, 0.15) is 65.2 Å². The highest BCUT2D eigenvalue weighted by Crippen LogP contribution is 2.70. The van der Waals surface area contributed by atoms with Crippen molar-refractivity contribution in [3.8, 4) is 0 Å². The fourth-order valence-electron chi connectivity index (χ4n) is 10.0. The highest BCUT2D eigenvalue weighted by Gasteiger charge is 2.73. The van der Waals surface area contributed by atoms with Gasteiger partial charge < -0.3 is 50.0 Å². The molecule has 1 saturated heterocycles. The van der Waals surface area contributed by atoms with Crippen molar-refractivity contribution in [2.75, 3.05) is 13.2 Å². The fraction of sp³-hybridized carbons (Fsp3) is 0.897. The van der Waals surface area contributed by atoms with Crippen LogP contribution in [0.3, 0.4) is 0 Å². The van der Waals surface area contributed by atoms with Crippen molar-refractivity contribution in [3.63, 3.8) is 0 Å². The molecule has 5 fully saturated rings. The van der Waals surface area contributed by atoms with E-state index in [4.69, 9.17) is 14.2 Å². The van der Waals surface area contributed by atoms with E-state index in [-0.39, 0.29) is 43.9 Å². The van der Waals surface area contributed by atoms with Gasteiger partial charge in [0.15, 0.2) is 6.29 Å². The Morgan fingerprint density at radius 1 is 1.00 bits per heavy atom. The van der Waals surface area contributed by atoms with Crippen LogP contribution in [0.2, 0.25) is 0 Å². The van der Waals surface area contributed by atoms with Crippen LogP contribution in [0.4, 0.5) is 0 Å². The van der Waals surface area contributed by atoms with E-state index in [1.807, 2.05) is 6.92 Å². The Labute approximate surface area is 233 Å². The zero-order valence-corrected chi connectivity index (χ0v) is 23.2. The maximum Gasteiger partial charge on any atom is 0.331 e. The molecule has 6 rings (SSSR count). The lowest BCUT2D eigenvalue weighted by molar-refractivity contribution is -0.327. The Hall–Kier alpha value is -1.15. The number of fused-ring (bicyclic) bond motifs is 5. The van der Waals surface area contributed by atoms with E-state index in [1.165, 1.54) is 6.08 Å². The first-order valence-corrected chi connectivity index (χ1v) is 14.8. The first-order chi connectivity index (χ1) is 18.8. The Balaban J connectivity index is 1.25. The summed E-state index contributed by atoms with van der Waals surface area (Å²) in [6.07, 6.45) is -2.94. The van der Waals surface area contributed by atoms with Gasteiger partial charge in [-0.3, -0.25) is 0 Å². The Bertz CT molecular complexity index is 1050. The maximum absolute atomic E-state index is 12.4. The van der Waals surface area contributed by atoms with Crippen molar-refractivity contribution < 1.29 is 54.8 Å². The zero-order valence-electron chi connectivity index (χ0n) is 23.2. The van der Waals surface area contributed by atoms with E-state index in [1.54, 1.807) is 6.92 Å². The summed E-state index contributed by atoms with van der Waals surface area (Å²) in [6, 6.07) is 0. The van der Waals surface area contributed by atoms with Crippen LogP contribution < -0.4 is 0 Å². The lowest BCUT2D eigenvalue weighted by Gasteiger charge is -2.67. The van der Waals surface area contributed by atoms with Gasteiger partial charge in [0.25, 0.3) is 0 Å². The van der Waals surface area contributed by atoms with Crippen LogP contribution in [-0.4, -0.2) is 109 Å². The van der Waals surface area contributed by atoms with Gasteiger partial charge in [0.05, 0.1) is 36.1 Å². The van der Waals surface area contributed by atoms with Gasteiger partial charge in [0.2, 0.25) is 0 Å². The van der Waals surface area contributed by atoms with Gasteiger partial charge in [0, 0.05) is 29.2 Å². The first kappa shape index (κ1) is 28.9. The molecule has 0 aromatic carbocycles. The molecular weight excluding hydrogens is 524 g/mol. The average Bonchev–Trinajstić information content (AvgIpc) is 3.45. The minimum atomic E-state index is -1.46. The second-order valence-corrected chi connectivity index (χ2v) is 13.7.